The molecule has 0 spiro atoms. The molecule has 1 heterocycles. The molecule has 3 aromatic rings. The predicted octanol–water partition coefficient (Wildman–Crippen LogP) is 3.83. The maximum absolute atomic E-state index is 12.6. The van der Waals surface area contributed by atoms with Crippen LogP contribution in [0.25, 0.3) is 5.69 Å². The van der Waals surface area contributed by atoms with E-state index in [2.05, 4.69) is 44.2 Å². The van der Waals surface area contributed by atoms with Crippen LogP contribution in [0.1, 0.15) is 28.7 Å². The second-order valence-electron chi connectivity index (χ2n) is 6.52. The number of rotatable bonds is 8. The first-order chi connectivity index (χ1) is 13.9. The van der Waals surface area contributed by atoms with Crippen molar-refractivity contribution >= 4 is 46.0 Å². The maximum Gasteiger partial charge on any atom is 0.216 e. The highest BCUT2D eigenvalue weighted by molar-refractivity contribution is 14.1. The van der Waals surface area contributed by atoms with Gasteiger partial charge in [-0.25, -0.2) is 0 Å². The molecule has 1 amide bonds. The van der Waals surface area contributed by atoms with Crippen molar-refractivity contribution in [1.82, 2.24) is 20.1 Å². The van der Waals surface area contributed by atoms with E-state index in [1.165, 1.54) is 18.7 Å². The van der Waals surface area contributed by atoms with E-state index < -0.39 is 0 Å². The first kappa shape index (κ1) is 21.5. The average Bonchev–Trinajstić information content (AvgIpc) is 3.09. The van der Waals surface area contributed by atoms with Crippen LogP contribution in [0.2, 0.25) is 0 Å². The highest BCUT2D eigenvalue weighted by atomic mass is 127. The summed E-state index contributed by atoms with van der Waals surface area (Å²) in [5, 5.41) is 12.1. The fourth-order valence-electron chi connectivity index (χ4n) is 2.78. The standard InChI is InChI=1S/C21H21IN4O2S/c1-14-4-3-5-18(12-14)26-20(10-11-23-15(2)27)24-25-21(26)29-13-19(28)16-6-8-17(22)9-7-16/h3-9,12H,10-11,13H2,1-2H3,(H,23,27). The van der Waals surface area contributed by atoms with Crippen molar-refractivity contribution in [1.29, 1.82) is 0 Å². The molecule has 0 radical (unpaired) electrons. The number of nitrogens with one attached hydrogen (secondary N) is 1. The van der Waals surface area contributed by atoms with Gasteiger partial charge in [-0.15, -0.1) is 10.2 Å². The second kappa shape index (κ2) is 10.0. The van der Waals surface area contributed by atoms with Gasteiger partial charge >= 0.3 is 0 Å². The lowest BCUT2D eigenvalue weighted by atomic mass is 10.2. The van der Waals surface area contributed by atoms with Gasteiger partial charge in [0.1, 0.15) is 5.82 Å². The monoisotopic (exact) mass is 520 g/mol. The van der Waals surface area contributed by atoms with Crippen LogP contribution in [0.3, 0.4) is 0 Å². The van der Waals surface area contributed by atoms with Crippen molar-refractivity contribution in [3.05, 3.63) is 69.1 Å². The Labute approximate surface area is 187 Å². The molecule has 0 unspecified atom stereocenters. The van der Waals surface area contributed by atoms with Gasteiger partial charge in [0.05, 0.1) is 5.75 Å². The number of hydrogen-bond donors (Lipinski definition) is 1. The molecule has 8 heteroatoms. The van der Waals surface area contributed by atoms with Gasteiger partial charge in [-0.2, -0.15) is 0 Å². The fraction of sp³-hybridized carbons (Fsp3) is 0.238. The molecule has 29 heavy (non-hydrogen) atoms. The van der Waals surface area contributed by atoms with Crippen LogP contribution < -0.4 is 5.32 Å². The highest BCUT2D eigenvalue weighted by Gasteiger charge is 2.16. The van der Waals surface area contributed by atoms with Crippen LogP contribution in [0, 0.1) is 10.5 Å². The number of benzene rings is 2. The minimum absolute atomic E-state index is 0.0463. The third-order valence-corrected chi connectivity index (χ3v) is 5.83. The minimum atomic E-state index is -0.0793. The van der Waals surface area contributed by atoms with Gasteiger partial charge in [-0.1, -0.05) is 36.0 Å². The molecule has 0 atom stereocenters. The van der Waals surface area contributed by atoms with E-state index >= 15 is 0 Å². The molecule has 1 aromatic heterocycles. The molecule has 2 aromatic carbocycles. The number of halogens is 1. The molecule has 150 valence electrons. The molecule has 1 N–H and O–H groups in total. The van der Waals surface area contributed by atoms with Crippen LogP contribution in [0.15, 0.2) is 53.7 Å². The summed E-state index contributed by atoms with van der Waals surface area (Å²) in [7, 11) is 0. The van der Waals surface area contributed by atoms with Gasteiger partial charge in [0.15, 0.2) is 10.9 Å². The summed E-state index contributed by atoms with van der Waals surface area (Å²) >= 11 is 3.58. The summed E-state index contributed by atoms with van der Waals surface area (Å²) in [5.74, 6) is 0.985. The molecule has 0 aliphatic heterocycles. The number of aromatic nitrogens is 3. The number of ketones is 1. The number of aryl methyl sites for hydroxylation is 1. The summed E-state index contributed by atoms with van der Waals surface area (Å²) in [6.45, 7) is 3.99. The number of nitrogens with zero attached hydrogens (tertiary/aromatic N) is 3. The van der Waals surface area contributed by atoms with E-state index in [-0.39, 0.29) is 17.4 Å². The van der Waals surface area contributed by atoms with E-state index in [4.69, 9.17) is 0 Å². The number of thioether (sulfide) groups is 1. The largest absolute Gasteiger partial charge is 0.356 e. The smallest absolute Gasteiger partial charge is 0.216 e. The zero-order chi connectivity index (χ0) is 20.8. The zero-order valence-electron chi connectivity index (χ0n) is 16.2. The molecular weight excluding hydrogens is 499 g/mol. The second-order valence-corrected chi connectivity index (χ2v) is 8.71. The highest BCUT2D eigenvalue weighted by Crippen LogP contribution is 2.24. The summed E-state index contributed by atoms with van der Waals surface area (Å²) in [6, 6.07) is 15.6. The van der Waals surface area contributed by atoms with E-state index in [1.54, 1.807) is 0 Å². The Morgan fingerprint density at radius 3 is 2.59 bits per heavy atom. The van der Waals surface area contributed by atoms with Gasteiger partial charge in [0, 0.05) is 34.7 Å². The number of Topliss-reactive ketones (excluding diaryl/α,β-unsaturated/α-hetero) is 1. The first-order valence-corrected chi connectivity index (χ1v) is 11.2. The maximum atomic E-state index is 12.6. The molecule has 6 nitrogen and oxygen atoms in total. The van der Waals surface area contributed by atoms with Gasteiger partial charge in [-0.05, 0) is 59.3 Å². The molecule has 0 aliphatic carbocycles. The van der Waals surface area contributed by atoms with Gasteiger partial charge in [0.2, 0.25) is 5.91 Å². The Hall–Kier alpha value is -2.20. The molecule has 0 fully saturated rings. The van der Waals surface area contributed by atoms with Gasteiger partial charge in [0.25, 0.3) is 0 Å². The summed E-state index contributed by atoms with van der Waals surface area (Å²) in [6.07, 6.45) is 0.548. The van der Waals surface area contributed by atoms with Crippen molar-refractivity contribution < 1.29 is 9.59 Å². The number of carbonyl (C=O) groups is 2. The zero-order valence-corrected chi connectivity index (χ0v) is 19.2. The summed E-state index contributed by atoms with van der Waals surface area (Å²) < 4.78 is 3.05. The van der Waals surface area contributed by atoms with Gasteiger partial charge in [-0.3, -0.25) is 14.2 Å². The molecule has 0 saturated heterocycles. The lowest BCUT2D eigenvalue weighted by molar-refractivity contribution is -0.118. The van der Waals surface area contributed by atoms with Crippen molar-refractivity contribution in [2.75, 3.05) is 12.3 Å². The van der Waals surface area contributed by atoms with Crippen LogP contribution >= 0.6 is 34.4 Å². The Balaban J connectivity index is 1.81. The van der Waals surface area contributed by atoms with Crippen LogP contribution in [0.5, 0.6) is 0 Å². The Bertz CT molecular complexity index is 1020. The normalized spacial score (nSPS) is 10.7. The number of amides is 1. The lowest BCUT2D eigenvalue weighted by Gasteiger charge is -2.11. The third kappa shape index (κ3) is 5.89. The van der Waals surface area contributed by atoms with E-state index in [0.717, 1.165) is 20.6 Å². The van der Waals surface area contributed by atoms with Crippen molar-refractivity contribution in [2.45, 2.75) is 25.4 Å². The molecule has 3 rings (SSSR count). The van der Waals surface area contributed by atoms with E-state index in [9.17, 15) is 9.59 Å². The molecule has 0 saturated carbocycles. The molecule has 0 bridgehead atoms. The van der Waals surface area contributed by atoms with Crippen LogP contribution in [-0.4, -0.2) is 38.8 Å². The fourth-order valence-corrected chi connectivity index (χ4v) is 4.01. The summed E-state index contributed by atoms with van der Waals surface area (Å²) in [5.41, 5.74) is 2.75. The van der Waals surface area contributed by atoms with Gasteiger partial charge < -0.3 is 5.32 Å². The Morgan fingerprint density at radius 2 is 1.90 bits per heavy atom. The molecule has 0 aliphatic rings. The number of carbonyl (C=O) groups excluding carboxylic acids is 2. The third-order valence-electron chi connectivity index (χ3n) is 4.18. The average molecular weight is 520 g/mol. The van der Waals surface area contributed by atoms with E-state index in [0.29, 0.717) is 23.7 Å². The van der Waals surface area contributed by atoms with Crippen molar-refractivity contribution in [2.24, 2.45) is 0 Å². The minimum Gasteiger partial charge on any atom is -0.356 e. The molecular formula is C21H21IN4O2S. The topological polar surface area (TPSA) is 76.9 Å². The van der Waals surface area contributed by atoms with Crippen molar-refractivity contribution in [3.63, 3.8) is 0 Å². The predicted molar refractivity (Wildman–Crippen MR) is 123 cm³/mol. The van der Waals surface area contributed by atoms with Crippen molar-refractivity contribution in [3.8, 4) is 5.69 Å². The van der Waals surface area contributed by atoms with Crippen LogP contribution in [-0.2, 0) is 11.2 Å². The quantitative estimate of drug-likeness (QED) is 0.278. The van der Waals surface area contributed by atoms with E-state index in [1.807, 2.05) is 54.0 Å². The van der Waals surface area contributed by atoms with Crippen LogP contribution in [0.4, 0.5) is 0 Å². The Morgan fingerprint density at radius 1 is 1.14 bits per heavy atom. The summed E-state index contributed by atoms with van der Waals surface area (Å²) in [4.78, 5) is 23.7. The SMILES string of the molecule is CC(=O)NCCc1nnc(SCC(=O)c2ccc(I)cc2)n1-c1cccc(C)c1. The Kier molecular flexibility index (Phi) is 7.43. The first-order valence-electron chi connectivity index (χ1n) is 9.11. The lowest BCUT2D eigenvalue weighted by Crippen LogP contribution is -2.23. The number of hydrogen-bond acceptors (Lipinski definition) is 5.